The molecule has 5 heteroatoms. The molecule has 0 atom stereocenters. The van der Waals surface area contributed by atoms with Crippen LogP contribution in [0.4, 0.5) is 0 Å². The van der Waals surface area contributed by atoms with Crippen LogP contribution in [0.1, 0.15) is 10.4 Å². The van der Waals surface area contributed by atoms with Gasteiger partial charge in [-0.15, -0.1) is 0 Å². The van der Waals surface area contributed by atoms with E-state index in [1.807, 2.05) is 26.5 Å². The molecule has 0 spiro atoms. The molecule has 2 aromatic rings. The summed E-state index contributed by atoms with van der Waals surface area (Å²) in [5.74, 6) is -0.447. The van der Waals surface area contributed by atoms with Gasteiger partial charge in [0.1, 0.15) is 5.52 Å². The molecule has 0 saturated carbocycles. The van der Waals surface area contributed by atoms with Gasteiger partial charge in [0.2, 0.25) is 0 Å². The molecule has 69 valence electrons. The minimum absolute atomic E-state index is 0.447. The molecule has 1 aromatic carbocycles. The molecule has 2 rings (SSSR count). The van der Waals surface area contributed by atoms with Crippen LogP contribution in [0.3, 0.4) is 0 Å². The van der Waals surface area contributed by atoms with Crippen molar-refractivity contribution in [1.29, 1.82) is 0 Å². The van der Waals surface area contributed by atoms with Crippen LogP contribution in [-0.2, 0) is 0 Å². The molecule has 1 amide bonds. The zero-order valence-corrected chi connectivity index (χ0v) is 7.77. The van der Waals surface area contributed by atoms with Crippen molar-refractivity contribution in [2.75, 3.05) is 0 Å². The third-order valence-corrected chi connectivity index (χ3v) is 2.08. The lowest BCUT2D eigenvalue weighted by molar-refractivity contribution is 0.100. The normalized spacial score (nSPS) is 10.4. The van der Waals surface area contributed by atoms with E-state index in [2.05, 4.69) is 5.10 Å². The lowest BCUT2D eigenvalue weighted by Gasteiger charge is -1.94. The van der Waals surface area contributed by atoms with E-state index in [0.29, 0.717) is 11.1 Å². The summed E-state index contributed by atoms with van der Waals surface area (Å²) in [4.78, 5) is 11.1. The van der Waals surface area contributed by atoms with Crippen molar-refractivity contribution < 1.29 is 4.79 Å². The lowest BCUT2D eigenvalue weighted by atomic mass is 10.0. The number of fused-ring (bicyclic) bond motifs is 1. The number of benzene rings is 1. The number of amides is 1. The van der Waals surface area contributed by atoms with Gasteiger partial charge in [0.25, 0.3) is 13.3 Å². The van der Waals surface area contributed by atoms with Crippen LogP contribution < -0.4 is 5.73 Å². The van der Waals surface area contributed by atoms with Crippen LogP contribution in [0.15, 0.2) is 24.4 Å². The molecule has 0 unspecified atom stereocenters. The monoisotopic (exact) mass is 186 g/mol. The first-order valence-corrected chi connectivity index (χ1v) is 4.29. The van der Waals surface area contributed by atoms with Crippen LogP contribution in [0.5, 0.6) is 0 Å². The molecule has 0 aliphatic rings. The number of primary amides is 1. The van der Waals surface area contributed by atoms with Crippen molar-refractivity contribution in [2.24, 2.45) is 5.73 Å². The maximum atomic E-state index is 11.1. The maximum Gasteiger partial charge on any atom is 0.276 e. The van der Waals surface area contributed by atoms with Crippen LogP contribution in [0, 0.1) is 0 Å². The summed E-state index contributed by atoms with van der Waals surface area (Å²) >= 11 is 0. The molecule has 0 aliphatic heterocycles. The summed E-state index contributed by atoms with van der Waals surface area (Å²) in [7, 11) is 1.81. The Balaban J connectivity index is 2.73. The van der Waals surface area contributed by atoms with Gasteiger partial charge in [-0.3, -0.25) is 4.79 Å². The second-order valence-corrected chi connectivity index (χ2v) is 2.97. The number of hydrogen-bond donors (Lipinski definition) is 1. The Labute approximate surface area is 82.0 Å². The molecular weight excluding hydrogens is 177 g/mol. The zero-order valence-electron chi connectivity index (χ0n) is 7.77. The lowest BCUT2D eigenvalue weighted by Crippen LogP contribution is -2.11. The minimum Gasteiger partial charge on any atom is -0.366 e. The van der Waals surface area contributed by atoms with Gasteiger partial charge in [-0.2, -0.15) is 5.10 Å². The molecule has 1 radical (unpaired) electrons. The second-order valence-electron chi connectivity index (χ2n) is 2.97. The van der Waals surface area contributed by atoms with Crippen molar-refractivity contribution in [3.05, 3.63) is 30.0 Å². The highest BCUT2D eigenvalue weighted by Gasteiger charge is 2.09. The summed E-state index contributed by atoms with van der Waals surface area (Å²) in [6.07, 6.45) is 1.85. The average molecular weight is 186 g/mol. The van der Waals surface area contributed by atoms with Crippen molar-refractivity contribution in [2.45, 2.75) is 6.82 Å². The van der Waals surface area contributed by atoms with Crippen molar-refractivity contribution >= 4 is 24.2 Å². The first kappa shape index (κ1) is 8.81. The standard InChI is InChI=1S/C9H9BN3O/c1-10-13-5-6-3-2-4-7(9(11)14)8(6)12-13/h2-5H,1H3,(H2,11,14). The summed E-state index contributed by atoms with van der Waals surface area (Å²) in [5, 5.41) is 5.13. The van der Waals surface area contributed by atoms with Gasteiger partial charge < -0.3 is 10.3 Å². The third kappa shape index (κ3) is 1.27. The Bertz CT molecular complexity index is 492. The summed E-state index contributed by atoms with van der Waals surface area (Å²) in [5.41, 5.74) is 6.34. The van der Waals surface area contributed by atoms with E-state index in [1.165, 1.54) is 0 Å². The minimum atomic E-state index is -0.447. The summed E-state index contributed by atoms with van der Waals surface area (Å²) in [6, 6.07) is 5.37. The number of carbonyl (C=O) groups excluding carboxylic acids is 1. The molecule has 0 fully saturated rings. The number of hydrogen-bond acceptors (Lipinski definition) is 2. The van der Waals surface area contributed by atoms with E-state index in [-0.39, 0.29) is 0 Å². The first-order chi connectivity index (χ1) is 6.72. The Kier molecular flexibility index (Phi) is 2.00. The zero-order chi connectivity index (χ0) is 10.1. The van der Waals surface area contributed by atoms with Gasteiger partial charge in [0.15, 0.2) is 0 Å². The number of carbonyl (C=O) groups is 1. The second kappa shape index (κ2) is 3.18. The molecule has 2 N–H and O–H groups in total. The van der Waals surface area contributed by atoms with Crippen LogP contribution in [-0.4, -0.2) is 23.0 Å². The summed E-state index contributed by atoms with van der Waals surface area (Å²) < 4.78 is 1.66. The average Bonchev–Trinajstić information content (AvgIpc) is 2.59. The van der Waals surface area contributed by atoms with Gasteiger partial charge in [0.05, 0.1) is 5.56 Å². The van der Waals surface area contributed by atoms with E-state index in [1.54, 1.807) is 16.7 Å². The number of rotatable bonds is 2. The molecule has 4 nitrogen and oxygen atoms in total. The van der Waals surface area contributed by atoms with Gasteiger partial charge in [0, 0.05) is 11.6 Å². The number of nitrogens with zero attached hydrogens (tertiary/aromatic N) is 2. The van der Waals surface area contributed by atoms with E-state index >= 15 is 0 Å². The quantitative estimate of drug-likeness (QED) is 0.699. The topological polar surface area (TPSA) is 60.9 Å². The molecule has 0 aliphatic carbocycles. The van der Waals surface area contributed by atoms with Crippen molar-refractivity contribution in [1.82, 2.24) is 9.69 Å². The molecule has 0 bridgehead atoms. The molecule has 0 saturated heterocycles. The van der Waals surface area contributed by atoms with Crippen LogP contribution in [0.2, 0.25) is 6.82 Å². The molecular formula is C9H9BN3O. The van der Waals surface area contributed by atoms with Crippen LogP contribution in [0.25, 0.3) is 10.9 Å². The number of nitrogens with two attached hydrogens (primary N) is 1. The SMILES string of the molecule is C[B]n1cc2cccc(C(N)=O)c2n1. The smallest absolute Gasteiger partial charge is 0.276 e. The maximum absolute atomic E-state index is 11.1. The highest BCUT2D eigenvalue weighted by atomic mass is 16.1. The Morgan fingerprint density at radius 2 is 2.36 bits per heavy atom. The van der Waals surface area contributed by atoms with Crippen LogP contribution >= 0.6 is 0 Å². The van der Waals surface area contributed by atoms with Gasteiger partial charge >= 0.3 is 0 Å². The molecule has 14 heavy (non-hydrogen) atoms. The summed E-state index contributed by atoms with van der Waals surface area (Å²) in [6.45, 7) is 1.87. The largest absolute Gasteiger partial charge is 0.366 e. The van der Waals surface area contributed by atoms with E-state index < -0.39 is 5.91 Å². The van der Waals surface area contributed by atoms with Crippen molar-refractivity contribution in [3.8, 4) is 0 Å². The fraction of sp³-hybridized carbons (Fsp3) is 0.111. The molecule has 1 aromatic heterocycles. The van der Waals surface area contributed by atoms with E-state index in [9.17, 15) is 4.79 Å². The Morgan fingerprint density at radius 3 is 3.00 bits per heavy atom. The first-order valence-electron chi connectivity index (χ1n) is 4.29. The Morgan fingerprint density at radius 1 is 1.57 bits per heavy atom. The Hall–Kier alpha value is -1.78. The van der Waals surface area contributed by atoms with Gasteiger partial charge in [-0.1, -0.05) is 19.0 Å². The highest BCUT2D eigenvalue weighted by molar-refractivity contribution is 6.31. The third-order valence-electron chi connectivity index (χ3n) is 2.08. The molecule has 1 heterocycles. The van der Waals surface area contributed by atoms with Crippen molar-refractivity contribution in [3.63, 3.8) is 0 Å². The van der Waals surface area contributed by atoms with Gasteiger partial charge in [-0.05, 0) is 6.07 Å². The van der Waals surface area contributed by atoms with E-state index in [0.717, 1.165) is 5.39 Å². The van der Waals surface area contributed by atoms with E-state index in [4.69, 9.17) is 5.73 Å². The predicted octanol–water partition coefficient (Wildman–Crippen LogP) is 0.651. The fourth-order valence-corrected chi connectivity index (χ4v) is 1.40. The highest BCUT2D eigenvalue weighted by Crippen LogP contribution is 2.15. The predicted molar refractivity (Wildman–Crippen MR) is 55.3 cm³/mol. The number of aromatic nitrogens is 2. The fourth-order valence-electron chi connectivity index (χ4n) is 1.40. The van der Waals surface area contributed by atoms with Gasteiger partial charge in [-0.25, -0.2) is 0 Å².